The summed E-state index contributed by atoms with van der Waals surface area (Å²) in [5.41, 5.74) is 0. The molecule has 7 heteroatoms. The monoisotopic (exact) mass is 372 g/mol. The van der Waals surface area contributed by atoms with E-state index in [0.29, 0.717) is 12.5 Å². The molecular formula is C19H32O7. The van der Waals surface area contributed by atoms with Crippen molar-refractivity contribution in [3.63, 3.8) is 0 Å². The minimum Gasteiger partial charge on any atom is -0.478 e. The van der Waals surface area contributed by atoms with Crippen LogP contribution in [0.15, 0.2) is 38.0 Å². The topological polar surface area (TPSA) is 110 Å². The first-order chi connectivity index (χ1) is 12.3. The minimum absolute atomic E-state index is 0.0465. The van der Waals surface area contributed by atoms with Crippen molar-refractivity contribution in [2.75, 3.05) is 19.8 Å². The van der Waals surface area contributed by atoms with Crippen LogP contribution in [0.3, 0.4) is 0 Å². The highest BCUT2D eigenvalue weighted by atomic mass is 16.5. The molecule has 0 rings (SSSR count). The third kappa shape index (κ3) is 26.5. The molecule has 0 aliphatic carbocycles. The van der Waals surface area contributed by atoms with Gasteiger partial charge in [-0.15, -0.1) is 0 Å². The number of ether oxygens (including phenoxy) is 2. The summed E-state index contributed by atoms with van der Waals surface area (Å²) in [6, 6.07) is 0. The van der Waals surface area contributed by atoms with E-state index in [4.69, 9.17) is 14.9 Å². The van der Waals surface area contributed by atoms with Crippen molar-refractivity contribution in [2.45, 2.75) is 39.5 Å². The number of unbranched alkanes of at least 4 members (excludes halogenated alkanes) is 1. The van der Waals surface area contributed by atoms with Gasteiger partial charge in [0.15, 0.2) is 0 Å². The Morgan fingerprint density at radius 3 is 1.85 bits per heavy atom. The first-order valence-corrected chi connectivity index (χ1v) is 8.37. The fourth-order valence-electron chi connectivity index (χ4n) is 1.36. The van der Waals surface area contributed by atoms with Gasteiger partial charge in [0.2, 0.25) is 0 Å². The maximum Gasteiger partial charge on any atom is 0.330 e. The number of esters is 2. The average Bonchev–Trinajstić information content (AvgIpc) is 2.66. The zero-order valence-electron chi connectivity index (χ0n) is 15.8. The fraction of sp³-hybridized carbons (Fsp3) is 0.526. The van der Waals surface area contributed by atoms with Crippen LogP contribution in [0.25, 0.3) is 0 Å². The third-order valence-electron chi connectivity index (χ3n) is 2.85. The van der Waals surface area contributed by atoms with Crippen LogP contribution < -0.4 is 0 Å². The van der Waals surface area contributed by atoms with Crippen molar-refractivity contribution >= 4 is 17.9 Å². The molecule has 7 nitrogen and oxygen atoms in total. The largest absolute Gasteiger partial charge is 0.478 e. The third-order valence-corrected chi connectivity index (χ3v) is 2.85. The van der Waals surface area contributed by atoms with Gasteiger partial charge in [0.1, 0.15) is 6.61 Å². The first-order valence-electron chi connectivity index (χ1n) is 8.37. The highest BCUT2D eigenvalue weighted by Gasteiger charge is 2.07. The summed E-state index contributed by atoms with van der Waals surface area (Å²) in [5, 5.41) is 15.7. The predicted molar refractivity (Wildman–Crippen MR) is 101 cm³/mol. The number of aliphatic hydroxyl groups is 1. The number of carbonyl (C=O) groups is 3. The highest BCUT2D eigenvalue weighted by Crippen LogP contribution is 2.12. The molecule has 2 N–H and O–H groups in total. The van der Waals surface area contributed by atoms with E-state index in [9.17, 15) is 14.4 Å². The summed E-state index contributed by atoms with van der Waals surface area (Å²) in [7, 11) is 0. The molecule has 1 atom stereocenters. The molecule has 0 aliphatic rings. The van der Waals surface area contributed by atoms with Crippen molar-refractivity contribution < 1.29 is 34.1 Å². The molecule has 0 aromatic heterocycles. The molecule has 1 unspecified atom stereocenters. The SMILES string of the molecule is C=CC(=O)O.C=CC(=O)OCC(CC)CCCC.C=CC(=O)OCCO. The lowest BCUT2D eigenvalue weighted by atomic mass is 10.0. The van der Waals surface area contributed by atoms with Crippen molar-refractivity contribution in [3.8, 4) is 0 Å². The van der Waals surface area contributed by atoms with E-state index in [0.717, 1.165) is 25.0 Å². The Balaban J connectivity index is -0.000000346. The summed E-state index contributed by atoms with van der Waals surface area (Å²) in [4.78, 5) is 30.1. The molecule has 0 amide bonds. The number of carboxylic acid groups (broad SMARTS) is 1. The second kappa shape index (κ2) is 22.6. The van der Waals surface area contributed by atoms with E-state index in [2.05, 4.69) is 38.3 Å². The molecule has 0 aromatic rings. The molecule has 26 heavy (non-hydrogen) atoms. The number of carbonyl (C=O) groups excluding carboxylic acids is 2. The van der Waals surface area contributed by atoms with E-state index in [1.165, 1.54) is 18.9 Å². The number of hydrogen-bond acceptors (Lipinski definition) is 6. The summed E-state index contributed by atoms with van der Waals surface area (Å²) in [6.07, 6.45) is 7.74. The molecule has 0 saturated heterocycles. The van der Waals surface area contributed by atoms with E-state index >= 15 is 0 Å². The normalized spacial score (nSPS) is 9.81. The summed E-state index contributed by atoms with van der Waals surface area (Å²) in [6.45, 7) is 14.2. The number of aliphatic carboxylic acids is 1. The van der Waals surface area contributed by atoms with Gasteiger partial charge in [-0.3, -0.25) is 0 Å². The van der Waals surface area contributed by atoms with Crippen LogP contribution in [0.1, 0.15) is 39.5 Å². The number of aliphatic hydroxyl groups excluding tert-OH is 1. The van der Waals surface area contributed by atoms with Crippen LogP contribution in [0, 0.1) is 5.92 Å². The van der Waals surface area contributed by atoms with Crippen molar-refractivity contribution in [1.29, 1.82) is 0 Å². The smallest absolute Gasteiger partial charge is 0.330 e. The van der Waals surface area contributed by atoms with Crippen molar-refractivity contribution in [1.82, 2.24) is 0 Å². The van der Waals surface area contributed by atoms with Crippen molar-refractivity contribution in [3.05, 3.63) is 38.0 Å². The fourth-order valence-corrected chi connectivity index (χ4v) is 1.36. The van der Waals surface area contributed by atoms with E-state index in [-0.39, 0.29) is 19.2 Å². The van der Waals surface area contributed by atoms with Gasteiger partial charge in [0.05, 0.1) is 13.2 Å². The molecule has 0 aromatic carbocycles. The van der Waals surface area contributed by atoms with Crippen LogP contribution in [0.2, 0.25) is 0 Å². The molecule has 150 valence electrons. The lowest BCUT2D eigenvalue weighted by Gasteiger charge is -2.13. The molecule has 0 radical (unpaired) electrons. The number of hydrogen-bond donors (Lipinski definition) is 2. The van der Waals surface area contributed by atoms with Crippen LogP contribution in [-0.2, 0) is 23.9 Å². The Morgan fingerprint density at radius 2 is 1.50 bits per heavy atom. The summed E-state index contributed by atoms with van der Waals surface area (Å²) < 4.78 is 9.32. The Hall–Kier alpha value is -2.41. The average molecular weight is 372 g/mol. The maximum absolute atomic E-state index is 10.8. The zero-order valence-corrected chi connectivity index (χ0v) is 15.8. The summed E-state index contributed by atoms with van der Waals surface area (Å²) in [5.74, 6) is -1.28. The van der Waals surface area contributed by atoms with Gasteiger partial charge in [-0.2, -0.15) is 0 Å². The van der Waals surface area contributed by atoms with Crippen molar-refractivity contribution in [2.24, 2.45) is 5.92 Å². The van der Waals surface area contributed by atoms with Crippen LogP contribution in [0.4, 0.5) is 0 Å². The predicted octanol–water partition coefficient (Wildman–Crippen LogP) is 2.90. The van der Waals surface area contributed by atoms with Gasteiger partial charge in [0.25, 0.3) is 0 Å². The van der Waals surface area contributed by atoms with Gasteiger partial charge in [-0.05, 0) is 12.3 Å². The van der Waals surface area contributed by atoms with E-state index in [1.54, 1.807) is 0 Å². The van der Waals surface area contributed by atoms with Gasteiger partial charge in [-0.25, -0.2) is 14.4 Å². The molecule has 0 fully saturated rings. The van der Waals surface area contributed by atoms with E-state index in [1.807, 2.05) is 0 Å². The second-order valence-electron chi connectivity index (χ2n) is 4.89. The highest BCUT2D eigenvalue weighted by molar-refractivity contribution is 5.81. The Morgan fingerprint density at radius 1 is 1.00 bits per heavy atom. The number of rotatable bonds is 11. The van der Waals surface area contributed by atoms with Crippen LogP contribution in [0.5, 0.6) is 0 Å². The van der Waals surface area contributed by atoms with Crippen LogP contribution >= 0.6 is 0 Å². The molecule has 0 saturated carbocycles. The van der Waals surface area contributed by atoms with Gasteiger partial charge in [-0.1, -0.05) is 52.8 Å². The zero-order chi connectivity index (χ0) is 20.8. The Kier molecular flexibility index (Phi) is 24.7. The summed E-state index contributed by atoms with van der Waals surface area (Å²) >= 11 is 0. The lowest BCUT2D eigenvalue weighted by molar-refractivity contribution is -0.139. The molecule has 0 heterocycles. The standard InChI is InChI=1S/C11H20O2.C5H8O3.C3H4O2/c1-4-7-8-10(5-2)9-13-11(12)6-3;1-2-5(7)8-4-3-6;1-2-3(4)5/h6,10H,3-5,7-9H2,1-2H3;2,6H,1,3-4H2;2H,1H2,(H,4,5). The molecule has 0 spiro atoms. The molecule has 0 bridgehead atoms. The number of carboxylic acids is 1. The van der Waals surface area contributed by atoms with Gasteiger partial charge < -0.3 is 19.7 Å². The molecule has 0 aliphatic heterocycles. The Labute approximate surface area is 156 Å². The second-order valence-corrected chi connectivity index (χ2v) is 4.89. The van der Waals surface area contributed by atoms with E-state index < -0.39 is 11.9 Å². The maximum atomic E-state index is 10.8. The van der Waals surface area contributed by atoms with Crippen LogP contribution in [-0.4, -0.2) is 47.9 Å². The Bertz CT molecular complexity index is 416. The first kappa shape index (κ1) is 28.4. The molecular weight excluding hydrogens is 340 g/mol. The van der Waals surface area contributed by atoms with Gasteiger partial charge in [0, 0.05) is 18.2 Å². The quantitative estimate of drug-likeness (QED) is 0.424. The van der Waals surface area contributed by atoms with Gasteiger partial charge >= 0.3 is 17.9 Å². The lowest BCUT2D eigenvalue weighted by Crippen LogP contribution is -2.12. The minimum atomic E-state index is -0.981.